The summed E-state index contributed by atoms with van der Waals surface area (Å²) in [6.45, 7) is 2.48. The van der Waals surface area contributed by atoms with Gasteiger partial charge in [0, 0.05) is 0 Å². The van der Waals surface area contributed by atoms with Gasteiger partial charge in [-0.3, -0.25) is 0 Å². The third-order valence-electron chi connectivity index (χ3n) is 3.52. The number of aromatic nitrogens is 1. The fourth-order valence-corrected chi connectivity index (χ4v) is 2.04. The molecule has 0 radical (unpaired) electrons. The van der Waals surface area contributed by atoms with E-state index < -0.39 is 0 Å². The number of hydrogen-bond donors (Lipinski definition) is 2. The van der Waals surface area contributed by atoms with Crippen LogP contribution in [0.3, 0.4) is 0 Å². The zero-order valence-corrected chi connectivity index (χ0v) is 11.9. The maximum absolute atomic E-state index is 13.8. The van der Waals surface area contributed by atoms with Crippen LogP contribution in [0.5, 0.6) is 5.88 Å². The van der Waals surface area contributed by atoms with Gasteiger partial charge in [-0.1, -0.05) is 12.1 Å². The lowest BCUT2D eigenvalue weighted by atomic mass is 10.2. The highest BCUT2D eigenvalue weighted by atomic mass is 19.1. The molecule has 1 aromatic carbocycles. The molecule has 4 nitrogen and oxygen atoms in total. The van der Waals surface area contributed by atoms with Gasteiger partial charge >= 0.3 is 0 Å². The molecule has 3 rings (SSSR count). The first-order valence-electron chi connectivity index (χ1n) is 7.05. The molecular formula is C16H18FN3O. The van der Waals surface area contributed by atoms with E-state index in [2.05, 4.69) is 10.3 Å². The van der Waals surface area contributed by atoms with Crippen molar-refractivity contribution in [3.63, 3.8) is 0 Å². The van der Waals surface area contributed by atoms with E-state index >= 15 is 0 Å². The van der Waals surface area contributed by atoms with E-state index in [0.717, 1.165) is 5.56 Å². The molecule has 1 aliphatic rings. The van der Waals surface area contributed by atoms with Crippen molar-refractivity contribution in [2.24, 2.45) is 5.92 Å². The Labute approximate surface area is 123 Å². The molecule has 5 heteroatoms. The summed E-state index contributed by atoms with van der Waals surface area (Å²) in [5.74, 6) is 1.23. The molecule has 1 aromatic heterocycles. The first-order valence-corrected chi connectivity index (χ1v) is 7.05. The van der Waals surface area contributed by atoms with E-state index in [1.165, 1.54) is 18.9 Å². The Hall–Kier alpha value is -2.30. The van der Waals surface area contributed by atoms with Crippen LogP contribution in [0.4, 0.5) is 21.6 Å². The number of para-hydroxylation sites is 1. The zero-order chi connectivity index (χ0) is 14.8. The topological polar surface area (TPSA) is 60.2 Å². The molecule has 1 heterocycles. The Bertz CT molecular complexity index is 636. The summed E-state index contributed by atoms with van der Waals surface area (Å²) < 4.78 is 19.5. The summed E-state index contributed by atoms with van der Waals surface area (Å²) in [6.07, 6.45) is 2.40. The number of ether oxygens (including phenoxy) is 1. The number of nitrogens with one attached hydrogen (secondary N) is 1. The smallest absolute Gasteiger partial charge is 0.239 e. The maximum Gasteiger partial charge on any atom is 0.239 e. The minimum Gasteiger partial charge on any atom is -0.476 e. The van der Waals surface area contributed by atoms with Gasteiger partial charge in [0.1, 0.15) is 11.6 Å². The Kier molecular flexibility index (Phi) is 3.64. The van der Waals surface area contributed by atoms with Crippen molar-refractivity contribution < 1.29 is 9.13 Å². The van der Waals surface area contributed by atoms with E-state index in [0.29, 0.717) is 35.6 Å². The quantitative estimate of drug-likeness (QED) is 0.881. The molecule has 1 fully saturated rings. The van der Waals surface area contributed by atoms with Crippen molar-refractivity contribution in [2.75, 3.05) is 17.7 Å². The number of pyridine rings is 1. The molecule has 2 aromatic rings. The maximum atomic E-state index is 13.8. The van der Waals surface area contributed by atoms with Crippen LogP contribution in [0.15, 0.2) is 30.3 Å². The number of nitrogens with zero attached hydrogens (tertiary/aromatic N) is 1. The first-order chi connectivity index (χ1) is 10.1. The Balaban J connectivity index is 1.80. The van der Waals surface area contributed by atoms with Gasteiger partial charge in [-0.15, -0.1) is 0 Å². The van der Waals surface area contributed by atoms with Crippen molar-refractivity contribution in [1.29, 1.82) is 0 Å². The lowest BCUT2D eigenvalue weighted by Gasteiger charge is -2.12. The lowest BCUT2D eigenvalue weighted by Crippen LogP contribution is -2.06. The number of benzene rings is 1. The second-order valence-electron chi connectivity index (χ2n) is 5.40. The predicted molar refractivity (Wildman–Crippen MR) is 81.3 cm³/mol. The van der Waals surface area contributed by atoms with E-state index in [9.17, 15) is 4.39 Å². The summed E-state index contributed by atoms with van der Waals surface area (Å²) >= 11 is 0. The third-order valence-corrected chi connectivity index (χ3v) is 3.52. The van der Waals surface area contributed by atoms with Crippen molar-refractivity contribution in [2.45, 2.75) is 19.8 Å². The van der Waals surface area contributed by atoms with Gasteiger partial charge in [0.15, 0.2) is 0 Å². The molecular weight excluding hydrogens is 269 g/mol. The van der Waals surface area contributed by atoms with Crippen LogP contribution < -0.4 is 15.8 Å². The predicted octanol–water partition coefficient (Wildman–Crippen LogP) is 3.64. The van der Waals surface area contributed by atoms with Gasteiger partial charge in [-0.25, -0.2) is 4.39 Å². The van der Waals surface area contributed by atoms with E-state index in [1.807, 2.05) is 13.0 Å². The molecule has 1 saturated carbocycles. The molecule has 0 unspecified atom stereocenters. The molecule has 0 saturated heterocycles. The largest absolute Gasteiger partial charge is 0.476 e. The summed E-state index contributed by atoms with van der Waals surface area (Å²) in [5, 5.41) is 2.99. The molecule has 0 bridgehead atoms. The van der Waals surface area contributed by atoms with E-state index in [1.54, 1.807) is 18.2 Å². The van der Waals surface area contributed by atoms with Crippen molar-refractivity contribution in [3.8, 4) is 5.88 Å². The van der Waals surface area contributed by atoms with Crippen LogP contribution in [0.2, 0.25) is 0 Å². The van der Waals surface area contributed by atoms with Gasteiger partial charge in [-0.05, 0) is 49.4 Å². The lowest BCUT2D eigenvalue weighted by molar-refractivity contribution is 0.290. The van der Waals surface area contributed by atoms with Crippen LogP contribution in [0, 0.1) is 18.7 Å². The van der Waals surface area contributed by atoms with Crippen molar-refractivity contribution >= 4 is 17.2 Å². The van der Waals surface area contributed by atoms with E-state index in [4.69, 9.17) is 10.5 Å². The van der Waals surface area contributed by atoms with Crippen LogP contribution >= 0.6 is 0 Å². The minimum absolute atomic E-state index is 0.311. The summed E-state index contributed by atoms with van der Waals surface area (Å²) in [4.78, 5) is 4.32. The first kappa shape index (κ1) is 13.7. The number of halogens is 1. The molecule has 0 atom stereocenters. The Morgan fingerprint density at radius 1 is 1.33 bits per heavy atom. The average Bonchev–Trinajstić information content (AvgIpc) is 3.27. The highest BCUT2D eigenvalue weighted by Crippen LogP contribution is 2.31. The van der Waals surface area contributed by atoms with Gasteiger partial charge < -0.3 is 15.8 Å². The number of rotatable bonds is 5. The number of aryl methyl sites for hydroxylation is 1. The molecule has 0 spiro atoms. The second-order valence-corrected chi connectivity index (χ2v) is 5.40. The van der Waals surface area contributed by atoms with Crippen LogP contribution in [-0.2, 0) is 0 Å². The highest BCUT2D eigenvalue weighted by molar-refractivity contribution is 5.63. The van der Waals surface area contributed by atoms with Gasteiger partial charge in [0.05, 0.1) is 18.0 Å². The summed E-state index contributed by atoms with van der Waals surface area (Å²) in [5.41, 5.74) is 7.59. The monoisotopic (exact) mass is 287 g/mol. The second kappa shape index (κ2) is 5.60. The number of nitrogen functional groups attached to an aromatic ring is 1. The molecule has 110 valence electrons. The zero-order valence-electron chi connectivity index (χ0n) is 11.9. The number of anilines is 3. The van der Waals surface area contributed by atoms with Gasteiger partial charge in [-0.2, -0.15) is 4.98 Å². The SMILES string of the molecule is Cc1cccc(F)c1Nc1ccc(N)c(OCC2CC2)n1. The average molecular weight is 287 g/mol. The fraction of sp³-hybridized carbons (Fsp3) is 0.312. The standard InChI is InChI=1S/C16H18FN3O/c1-10-3-2-4-12(17)15(10)19-14-8-7-13(18)16(20-14)21-9-11-5-6-11/h2-4,7-8,11H,5-6,9,18H2,1H3,(H,19,20). The van der Waals surface area contributed by atoms with Crippen LogP contribution in [0.1, 0.15) is 18.4 Å². The Morgan fingerprint density at radius 3 is 2.86 bits per heavy atom. The molecule has 0 aliphatic heterocycles. The minimum atomic E-state index is -0.311. The van der Waals surface area contributed by atoms with E-state index in [-0.39, 0.29) is 5.82 Å². The summed E-state index contributed by atoms with van der Waals surface area (Å²) in [6, 6.07) is 8.36. The molecule has 21 heavy (non-hydrogen) atoms. The van der Waals surface area contributed by atoms with Crippen LogP contribution in [0.25, 0.3) is 0 Å². The van der Waals surface area contributed by atoms with Crippen molar-refractivity contribution in [1.82, 2.24) is 4.98 Å². The molecule has 1 aliphatic carbocycles. The summed E-state index contributed by atoms with van der Waals surface area (Å²) in [7, 11) is 0. The normalized spacial score (nSPS) is 14.0. The molecule has 0 amide bonds. The van der Waals surface area contributed by atoms with Gasteiger partial charge in [0.2, 0.25) is 5.88 Å². The third kappa shape index (κ3) is 3.24. The highest BCUT2D eigenvalue weighted by Gasteiger charge is 2.22. The van der Waals surface area contributed by atoms with Crippen molar-refractivity contribution in [3.05, 3.63) is 41.7 Å². The number of hydrogen-bond acceptors (Lipinski definition) is 4. The fourth-order valence-electron chi connectivity index (χ4n) is 2.04. The van der Waals surface area contributed by atoms with Gasteiger partial charge in [0.25, 0.3) is 0 Å². The Morgan fingerprint density at radius 2 is 2.14 bits per heavy atom. The van der Waals surface area contributed by atoms with Crippen LogP contribution in [-0.4, -0.2) is 11.6 Å². The molecule has 3 N–H and O–H groups in total. The number of nitrogens with two attached hydrogens (primary N) is 1.